The van der Waals surface area contributed by atoms with E-state index in [-0.39, 0.29) is 0 Å². The zero-order valence-electron chi connectivity index (χ0n) is 10.2. The third kappa shape index (κ3) is 3.22. The molecule has 1 aromatic rings. The summed E-state index contributed by atoms with van der Waals surface area (Å²) in [4.78, 5) is 0.935. The molecule has 2 rings (SSSR count). The zero-order valence-corrected chi connectivity index (χ0v) is 11.0. The van der Waals surface area contributed by atoms with Gasteiger partial charge in [0.1, 0.15) is 6.73 Å². The molecule has 1 aliphatic heterocycles. The molecule has 17 heavy (non-hydrogen) atoms. The van der Waals surface area contributed by atoms with Crippen molar-refractivity contribution in [1.82, 2.24) is 4.31 Å². The van der Waals surface area contributed by atoms with E-state index in [9.17, 15) is 4.55 Å². The van der Waals surface area contributed by atoms with Crippen LogP contribution in [0.1, 0.15) is 31.7 Å². The Morgan fingerprint density at radius 2 is 2.18 bits per heavy atom. The lowest BCUT2D eigenvalue weighted by atomic mass is 10.2. The Bertz CT molecular complexity index is 359. The van der Waals surface area contributed by atoms with Crippen LogP contribution in [0.25, 0.3) is 0 Å². The summed E-state index contributed by atoms with van der Waals surface area (Å²) < 4.78 is 19.5. The van der Waals surface area contributed by atoms with E-state index in [2.05, 4.69) is 6.92 Å². The molecule has 1 aromatic carbocycles. The molecule has 0 amide bonds. The summed E-state index contributed by atoms with van der Waals surface area (Å²) in [5.41, 5.74) is 1.16. The van der Waals surface area contributed by atoms with Gasteiger partial charge in [-0.1, -0.05) is 42.3 Å². The SMILES string of the molecule is CCCCCOCN1Cc2ccccc2[S+]1[O-]. The Labute approximate surface area is 106 Å². The Hall–Kier alpha value is -0.550. The number of unbranched alkanes of at least 4 members (excludes halogenated alkanes) is 2. The van der Waals surface area contributed by atoms with Crippen LogP contribution in [0.3, 0.4) is 0 Å². The lowest BCUT2D eigenvalue weighted by molar-refractivity contribution is 0.0680. The number of hydrogen-bond donors (Lipinski definition) is 0. The molecule has 0 aliphatic carbocycles. The first-order chi connectivity index (χ1) is 8.33. The smallest absolute Gasteiger partial charge is 0.178 e. The highest BCUT2D eigenvalue weighted by molar-refractivity contribution is 7.89. The average Bonchev–Trinajstić information content (AvgIpc) is 2.67. The van der Waals surface area contributed by atoms with Crippen LogP contribution in [0, 0.1) is 0 Å². The Morgan fingerprint density at radius 1 is 1.35 bits per heavy atom. The highest BCUT2D eigenvalue weighted by atomic mass is 32.2. The fraction of sp³-hybridized carbons (Fsp3) is 0.538. The number of fused-ring (bicyclic) bond motifs is 1. The van der Waals surface area contributed by atoms with Crippen molar-refractivity contribution in [2.45, 2.75) is 37.6 Å². The van der Waals surface area contributed by atoms with Crippen molar-refractivity contribution in [2.75, 3.05) is 13.3 Å². The van der Waals surface area contributed by atoms with Gasteiger partial charge in [-0.25, -0.2) is 0 Å². The first kappa shape index (κ1) is 12.9. The first-order valence-electron chi connectivity index (χ1n) is 6.15. The van der Waals surface area contributed by atoms with Gasteiger partial charge in [0.2, 0.25) is 0 Å². The quantitative estimate of drug-likeness (QED) is 0.577. The summed E-state index contributed by atoms with van der Waals surface area (Å²) in [5.74, 6) is 0. The molecule has 3 nitrogen and oxygen atoms in total. The van der Waals surface area contributed by atoms with Crippen molar-refractivity contribution in [1.29, 1.82) is 0 Å². The minimum atomic E-state index is -1.03. The van der Waals surface area contributed by atoms with Crippen LogP contribution in [0.5, 0.6) is 0 Å². The summed E-state index contributed by atoms with van der Waals surface area (Å²) in [6.45, 7) is 4.13. The van der Waals surface area contributed by atoms with Crippen LogP contribution in [0.4, 0.5) is 0 Å². The van der Waals surface area contributed by atoms with Crippen LogP contribution in [-0.4, -0.2) is 22.2 Å². The summed E-state index contributed by atoms with van der Waals surface area (Å²) in [7, 11) is 0. The Balaban J connectivity index is 1.78. The number of rotatable bonds is 6. The molecule has 0 radical (unpaired) electrons. The molecule has 0 saturated heterocycles. The fourth-order valence-electron chi connectivity index (χ4n) is 1.91. The molecule has 0 bridgehead atoms. The molecule has 4 heteroatoms. The third-order valence-corrected chi connectivity index (χ3v) is 4.35. The Morgan fingerprint density at radius 3 is 2.94 bits per heavy atom. The van der Waals surface area contributed by atoms with Gasteiger partial charge >= 0.3 is 0 Å². The fourth-order valence-corrected chi connectivity index (χ4v) is 3.16. The van der Waals surface area contributed by atoms with E-state index in [1.165, 1.54) is 12.8 Å². The number of nitrogens with zero attached hydrogens (tertiary/aromatic N) is 1. The van der Waals surface area contributed by atoms with E-state index in [1.807, 2.05) is 28.6 Å². The van der Waals surface area contributed by atoms with Crippen LogP contribution < -0.4 is 0 Å². The van der Waals surface area contributed by atoms with Gasteiger partial charge in [0.15, 0.2) is 4.90 Å². The van der Waals surface area contributed by atoms with Crippen LogP contribution in [0.15, 0.2) is 29.2 Å². The van der Waals surface area contributed by atoms with Crippen molar-refractivity contribution in [3.8, 4) is 0 Å². The van der Waals surface area contributed by atoms with Gasteiger partial charge in [-0.2, -0.15) is 0 Å². The van der Waals surface area contributed by atoms with Crippen LogP contribution >= 0.6 is 0 Å². The zero-order chi connectivity index (χ0) is 12.1. The Kier molecular flexibility index (Phi) is 4.86. The van der Waals surface area contributed by atoms with Gasteiger partial charge < -0.3 is 9.29 Å². The molecule has 94 valence electrons. The predicted molar refractivity (Wildman–Crippen MR) is 68.7 cm³/mol. The maximum Gasteiger partial charge on any atom is 0.178 e. The van der Waals surface area contributed by atoms with E-state index in [0.717, 1.165) is 30.0 Å². The second kappa shape index (κ2) is 6.40. The van der Waals surface area contributed by atoms with Crippen LogP contribution in [-0.2, 0) is 22.6 Å². The highest BCUT2D eigenvalue weighted by Crippen LogP contribution is 2.29. The molecule has 1 unspecified atom stereocenters. The predicted octanol–water partition coefficient (Wildman–Crippen LogP) is 2.69. The first-order valence-corrected chi connectivity index (χ1v) is 7.26. The van der Waals surface area contributed by atoms with E-state index in [4.69, 9.17) is 4.74 Å². The van der Waals surface area contributed by atoms with Crippen molar-refractivity contribution in [3.05, 3.63) is 29.8 Å². The van der Waals surface area contributed by atoms with E-state index >= 15 is 0 Å². The van der Waals surface area contributed by atoms with Gasteiger partial charge in [0.05, 0.1) is 17.9 Å². The molecule has 0 aromatic heterocycles. The highest BCUT2D eigenvalue weighted by Gasteiger charge is 2.33. The standard InChI is InChI=1S/C13H19NO2S/c1-2-3-6-9-16-11-14-10-12-7-4-5-8-13(12)17(14)15/h4-5,7-8H,2-3,6,9-11H2,1H3. The topological polar surface area (TPSA) is 35.5 Å². The largest absolute Gasteiger partial charge is 0.593 e. The summed E-state index contributed by atoms with van der Waals surface area (Å²) >= 11 is -1.03. The maximum atomic E-state index is 12.1. The molecule has 0 fully saturated rings. The van der Waals surface area contributed by atoms with Crippen molar-refractivity contribution >= 4 is 11.4 Å². The second-order valence-electron chi connectivity index (χ2n) is 4.24. The van der Waals surface area contributed by atoms with Crippen molar-refractivity contribution in [2.24, 2.45) is 0 Å². The molecule has 1 atom stereocenters. The lowest BCUT2D eigenvalue weighted by Crippen LogP contribution is -2.27. The number of benzene rings is 1. The average molecular weight is 253 g/mol. The lowest BCUT2D eigenvalue weighted by Gasteiger charge is -2.16. The maximum absolute atomic E-state index is 12.1. The van der Waals surface area contributed by atoms with Gasteiger partial charge in [0, 0.05) is 12.2 Å². The van der Waals surface area contributed by atoms with Gasteiger partial charge in [-0.15, -0.1) is 0 Å². The monoisotopic (exact) mass is 253 g/mol. The number of ether oxygens (including phenoxy) is 1. The molecular formula is C13H19NO2S. The molecule has 1 aliphatic rings. The molecule has 1 heterocycles. The normalized spacial score (nSPS) is 19.5. The van der Waals surface area contributed by atoms with Crippen LogP contribution in [0.2, 0.25) is 0 Å². The van der Waals surface area contributed by atoms with E-state index in [1.54, 1.807) is 0 Å². The summed E-state index contributed by atoms with van der Waals surface area (Å²) in [5, 5.41) is 0. The van der Waals surface area contributed by atoms with Gasteiger partial charge in [-0.3, -0.25) is 0 Å². The van der Waals surface area contributed by atoms with Crippen molar-refractivity contribution < 1.29 is 9.29 Å². The molecule has 0 N–H and O–H groups in total. The summed E-state index contributed by atoms with van der Waals surface area (Å²) in [6.07, 6.45) is 3.48. The minimum Gasteiger partial charge on any atom is -0.593 e. The van der Waals surface area contributed by atoms with E-state index in [0.29, 0.717) is 6.73 Å². The molecule has 0 saturated carbocycles. The van der Waals surface area contributed by atoms with Gasteiger partial charge in [-0.05, 0) is 12.5 Å². The molecular weight excluding hydrogens is 234 g/mol. The van der Waals surface area contributed by atoms with E-state index < -0.39 is 11.4 Å². The number of hydrogen-bond acceptors (Lipinski definition) is 3. The second-order valence-corrected chi connectivity index (χ2v) is 5.70. The summed E-state index contributed by atoms with van der Waals surface area (Å²) in [6, 6.07) is 7.89. The van der Waals surface area contributed by atoms with Gasteiger partial charge in [0.25, 0.3) is 0 Å². The minimum absolute atomic E-state index is 0.463. The van der Waals surface area contributed by atoms with Crippen molar-refractivity contribution in [3.63, 3.8) is 0 Å². The third-order valence-electron chi connectivity index (χ3n) is 2.87. The molecule has 0 spiro atoms.